The molecular weight excluding hydrogens is 528 g/mol. The number of nitrogens with zero attached hydrogens (tertiary/aromatic N) is 6. The van der Waals surface area contributed by atoms with Crippen molar-refractivity contribution in [1.82, 2.24) is 29.1 Å². The Morgan fingerprint density at radius 3 is 2.47 bits per heavy atom. The lowest BCUT2D eigenvalue weighted by atomic mass is 10.0. The molecule has 2 aliphatic heterocycles. The number of nitrogen functional groups attached to an aromatic ring is 2. The number of rotatable bonds is 4. The summed E-state index contributed by atoms with van der Waals surface area (Å²) in [7, 11) is 0. The molecule has 0 spiro atoms. The van der Waals surface area contributed by atoms with Crippen LogP contribution in [0.3, 0.4) is 0 Å². The van der Waals surface area contributed by atoms with Crippen LogP contribution in [-0.2, 0) is 15.2 Å². The third-order valence-electron chi connectivity index (χ3n) is 6.12. The molecule has 0 saturated carbocycles. The van der Waals surface area contributed by atoms with Crippen LogP contribution in [0.4, 0.5) is 11.6 Å². The Morgan fingerprint density at radius 2 is 1.89 bits per heavy atom. The number of nitrogens with two attached hydrogens (primary N) is 2. The zero-order chi connectivity index (χ0) is 27.8. The Morgan fingerprint density at radius 1 is 1.18 bits per heavy atom. The Bertz CT molecular complexity index is 1410. The van der Waals surface area contributed by atoms with Crippen molar-refractivity contribution in [3.8, 4) is 12.3 Å². The first kappa shape index (κ1) is 27.6. The third kappa shape index (κ3) is 4.77. The van der Waals surface area contributed by atoms with Gasteiger partial charge in [0.2, 0.25) is 11.0 Å². The number of imidazole rings is 1. The van der Waals surface area contributed by atoms with Gasteiger partial charge in [0, 0.05) is 12.6 Å². The number of aliphatic hydroxyl groups is 5. The molecule has 9 N–H and O–H groups in total. The monoisotopic (exact) mass is 552 g/mol. The number of fused-ring (bicyclic) bond motifs is 1. The number of aromatic nitrogens is 6. The first-order chi connectivity index (χ1) is 18.1. The van der Waals surface area contributed by atoms with Gasteiger partial charge in [0.15, 0.2) is 11.5 Å². The summed E-state index contributed by atoms with van der Waals surface area (Å²) in [6, 6.07) is 1.30. The molecule has 0 radical (unpaired) electrons. The molecule has 38 heavy (non-hydrogen) atoms. The maximum absolute atomic E-state index is 11.8. The van der Waals surface area contributed by atoms with Crippen molar-refractivity contribution in [3.05, 3.63) is 34.4 Å². The summed E-state index contributed by atoms with van der Waals surface area (Å²) in [4.78, 5) is 27.2. The number of hydrogen-bond donors (Lipinski definition) is 7. The van der Waals surface area contributed by atoms with Crippen molar-refractivity contribution in [2.24, 2.45) is 0 Å². The standard InChI is InChI=1S/C11H13N3O5.C10H12ClN5O3/c1-2-11(9(17)8(16)6(5-15)19-11)14-4-3-7(12)13-10(14)18;11-10-14-8(12)7-9(15-10)16(3-13-7)6-1-4(18)5(2-17)19-6/h1,3-4,6,8-9,15-17H,5H2,(H2,12,13,18);3-6,17-18H,1-2H2,(H2,12,14,15)/t6-,8-,9-,11-;4-,5+,6+/m10/s1. The number of hydrogen-bond acceptors (Lipinski definition) is 14. The molecule has 2 aliphatic rings. The molecule has 0 amide bonds. The number of aliphatic hydroxyl groups excluding tert-OH is 5. The summed E-state index contributed by atoms with van der Waals surface area (Å²) in [6.07, 6.45) is 2.44. The van der Waals surface area contributed by atoms with Gasteiger partial charge in [0.05, 0.1) is 25.6 Å². The molecule has 3 aromatic heterocycles. The number of ether oxygens (including phenoxy) is 2. The van der Waals surface area contributed by atoms with Crippen LogP contribution in [0.5, 0.6) is 0 Å². The van der Waals surface area contributed by atoms with Crippen molar-refractivity contribution < 1.29 is 35.0 Å². The fraction of sp³-hybridized carbons (Fsp3) is 0.476. The zero-order valence-corrected chi connectivity index (χ0v) is 20.3. The van der Waals surface area contributed by atoms with Crippen LogP contribution in [0.1, 0.15) is 12.6 Å². The minimum atomic E-state index is -1.93. The van der Waals surface area contributed by atoms with E-state index in [-0.39, 0.29) is 23.5 Å². The largest absolute Gasteiger partial charge is 0.394 e. The first-order valence-electron chi connectivity index (χ1n) is 11.1. The van der Waals surface area contributed by atoms with Gasteiger partial charge < -0.3 is 46.5 Å². The summed E-state index contributed by atoms with van der Waals surface area (Å²) >= 11 is 5.77. The van der Waals surface area contributed by atoms with Crippen LogP contribution in [-0.4, -0.2) is 98.3 Å². The van der Waals surface area contributed by atoms with Crippen molar-refractivity contribution in [2.45, 2.75) is 48.9 Å². The van der Waals surface area contributed by atoms with E-state index in [1.807, 2.05) is 0 Å². The van der Waals surface area contributed by atoms with Gasteiger partial charge in [-0.1, -0.05) is 0 Å². The number of halogens is 1. The van der Waals surface area contributed by atoms with E-state index in [0.717, 1.165) is 4.57 Å². The Hall–Kier alpha value is -3.40. The molecule has 2 fully saturated rings. The van der Waals surface area contributed by atoms with Gasteiger partial charge in [0.25, 0.3) is 0 Å². The minimum Gasteiger partial charge on any atom is -0.394 e. The van der Waals surface area contributed by atoms with Crippen molar-refractivity contribution in [3.63, 3.8) is 0 Å². The van der Waals surface area contributed by atoms with Gasteiger partial charge in [-0.05, 0) is 23.6 Å². The summed E-state index contributed by atoms with van der Waals surface area (Å²) in [5.41, 5.74) is 9.17. The van der Waals surface area contributed by atoms with Crippen LogP contribution < -0.4 is 17.2 Å². The Balaban J connectivity index is 0.000000177. The van der Waals surface area contributed by atoms with Crippen LogP contribution >= 0.6 is 11.6 Å². The predicted octanol–water partition coefficient (Wildman–Crippen LogP) is -3.07. The fourth-order valence-electron chi connectivity index (χ4n) is 4.18. The molecule has 0 bridgehead atoms. The van der Waals surface area contributed by atoms with Crippen molar-refractivity contribution >= 4 is 34.4 Å². The molecule has 0 unspecified atom stereocenters. The highest BCUT2D eigenvalue weighted by atomic mass is 35.5. The van der Waals surface area contributed by atoms with E-state index >= 15 is 0 Å². The highest BCUT2D eigenvalue weighted by Gasteiger charge is 2.55. The molecule has 3 aromatic rings. The van der Waals surface area contributed by atoms with Crippen LogP contribution in [0.15, 0.2) is 23.4 Å². The topological polar surface area (TPSA) is 250 Å². The Kier molecular flexibility index (Phi) is 7.83. The zero-order valence-electron chi connectivity index (χ0n) is 19.6. The second-order valence-corrected chi connectivity index (χ2v) is 8.77. The van der Waals surface area contributed by atoms with Gasteiger partial charge in [-0.3, -0.25) is 9.13 Å². The maximum Gasteiger partial charge on any atom is 0.352 e. The van der Waals surface area contributed by atoms with E-state index < -0.39 is 54.8 Å². The molecule has 0 aromatic carbocycles. The lowest BCUT2D eigenvalue weighted by Gasteiger charge is -2.28. The minimum absolute atomic E-state index is 0.0137. The second kappa shape index (κ2) is 10.8. The molecule has 5 rings (SSSR count). The first-order valence-corrected chi connectivity index (χ1v) is 11.5. The average Bonchev–Trinajstić information content (AvgIpc) is 3.54. The van der Waals surface area contributed by atoms with E-state index in [4.69, 9.17) is 49.2 Å². The summed E-state index contributed by atoms with van der Waals surface area (Å²) < 4.78 is 13.3. The lowest BCUT2D eigenvalue weighted by Crippen LogP contribution is -2.49. The van der Waals surface area contributed by atoms with Crippen LogP contribution in [0.2, 0.25) is 5.28 Å². The average molecular weight is 553 g/mol. The van der Waals surface area contributed by atoms with E-state index in [0.29, 0.717) is 17.6 Å². The predicted molar refractivity (Wildman–Crippen MR) is 130 cm³/mol. The Labute approximate surface area is 219 Å². The molecule has 7 atom stereocenters. The molecule has 0 aliphatic carbocycles. The smallest absolute Gasteiger partial charge is 0.352 e. The quantitative estimate of drug-likeness (QED) is 0.125. The van der Waals surface area contributed by atoms with Crippen LogP contribution in [0, 0.1) is 12.3 Å². The summed E-state index contributed by atoms with van der Waals surface area (Å²) in [5.74, 6) is 2.31. The third-order valence-corrected chi connectivity index (χ3v) is 6.29. The fourth-order valence-corrected chi connectivity index (χ4v) is 4.35. The summed E-state index contributed by atoms with van der Waals surface area (Å²) in [6.45, 7) is -0.805. The number of terminal acetylenes is 1. The van der Waals surface area contributed by atoms with Crippen molar-refractivity contribution in [2.75, 3.05) is 24.7 Å². The molecule has 5 heterocycles. The lowest BCUT2D eigenvalue weighted by molar-refractivity contribution is -0.107. The second-order valence-electron chi connectivity index (χ2n) is 8.44. The van der Waals surface area contributed by atoms with Gasteiger partial charge in [-0.25, -0.2) is 9.78 Å². The SMILES string of the molecule is C#C[C@@]1(n2ccc(N)nc2=O)O[C@H](CO)[C@@H](O)[C@H]1O.Nc1nc(Cl)nc2c1ncn2[C@H]1C[C@H](O)[C@@H](CO)O1. The van der Waals surface area contributed by atoms with Crippen LogP contribution in [0.25, 0.3) is 11.2 Å². The number of anilines is 2. The van der Waals surface area contributed by atoms with Gasteiger partial charge in [0.1, 0.15) is 42.0 Å². The maximum atomic E-state index is 11.8. The molecular formula is C21H25ClN8O8. The van der Waals surface area contributed by atoms with Gasteiger partial charge >= 0.3 is 5.69 Å². The van der Waals surface area contributed by atoms with Gasteiger partial charge in [-0.2, -0.15) is 15.0 Å². The highest BCUT2D eigenvalue weighted by Crippen LogP contribution is 2.34. The van der Waals surface area contributed by atoms with E-state index in [1.165, 1.54) is 18.6 Å². The molecule has 2 saturated heterocycles. The molecule has 204 valence electrons. The van der Waals surface area contributed by atoms with Gasteiger partial charge in [-0.15, -0.1) is 6.42 Å². The van der Waals surface area contributed by atoms with Crippen molar-refractivity contribution in [1.29, 1.82) is 0 Å². The van der Waals surface area contributed by atoms with E-state index in [1.54, 1.807) is 4.57 Å². The van der Waals surface area contributed by atoms with E-state index in [2.05, 4.69) is 25.9 Å². The molecule has 16 nitrogen and oxygen atoms in total. The normalized spacial score (nSPS) is 30.7. The highest BCUT2D eigenvalue weighted by molar-refractivity contribution is 6.28. The van der Waals surface area contributed by atoms with E-state index in [9.17, 15) is 20.1 Å². The molecule has 17 heteroatoms. The summed E-state index contributed by atoms with van der Waals surface area (Å²) in [5, 5.41) is 47.6.